The van der Waals surface area contributed by atoms with Crippen LogP contribution in [0.2, 0.25) is 0 Å². The molecule has 1 heterocycles. The van der Waals surface area contributed by atoms with Crippen molar-refractivity contribution in [3.05, 3.63) is 17.5 Å². The molecule has 0 aliphatic rings. The molecule has 6 nitrogen and oxygen atoms in total. The second-order valence-electron chi connectivity index (χ2n) is 4.33. The molecule has 0 saturated carbocycles. The van der Waals surface area contributed by atoms with Crippen LogP contribution in [0.3, 0.4) is 0 Å². The summed E-state index contributed by atoms with van der Waals surface area (Å²) in [4.78, 5) is 11.5. The van der Waals surface area contributed by atoms with Crippen LogP contribution in [0.15, 0.2) is 21.7 Å². The fourth-order valence-electron chi connectivity index (χ4n) is 1.54. The van der Waals surface area contributed by atoms with Crippen molar-refractivity contribution in [1.29, 1.82) is 0 Å². The fourth-order valence-corrected chi connectivity index (χ4v) is 3.61. The molecule has 20 heavy (non-hydrogen) atoms. The first-order valence-electron chi connectivity index (χ1n) is 6.43. The molecule has 1 aromatic rings. The van der Waals surface area contributed by atoms with E-state index in [9.17, 15) is 18.3 Å². The monoisotopic (exact) mass is 320 g/mol. The summed E-state index contributed by atoms with van der Waals surface area (Å²) in [6.45, 7) is 2.19. The highest BCUT2D eigenvalue weighted by Crippen LogP contribution is 2.14. The number of carbonyl (C=O) groups excluding carboxylic acids is 1. The second-order valence-corrected chi connectivity index (χ2v) is 7.27. The van der Waals surface area contributed by atoms with Crippen LogP contribution in [0.25, 0.3) is 0 Å². The Labute approximate surface area is 123 Å². The first-order valence-corrected chi connectivity index (χ1v) is 8.80. The molecule has 1 aromatic heterocycles. The molecule has 0 saturated heterocycles. The number of hydrogen-bond donors (Lipinski definition) is 3. The molecule has 1 atom stereocenters. The van der Waals surface area contributed by atoms with Gasteiger partial charge >= 0.3 is 0 Å². The van der Waals surface area contributed by atoms with Gasteiger partial charge in [0, 0.05) is 19.5 Å². The third-order valence-corrected chi connectivity index (χ3v) is 5.42. The van der Waals surface area contributed by atoms with Gasteiger partial charge in [-0.05, 0) is 17.9 Å². The molecule has 1 rings (SSSR count). The van der Waals surface area contributed by atoms with Crippen LogP contribution in [-0.4, -0.2) is 38.6 Å². The molecule has 1 unspecified atom stereocenters. The predicted octanol–water partition coefficient (Wildman–Crippen LogP) is 0.694. The van der Waals surface area contributed by atoms with E-state index in [1.165, 1.54) is 6.07 Å². The highest BCUT2D eigenvalue weighted by molar-refractivity contribution is 7.91. The van der Waals surface area contributed by atoms with Gasteiger partial charge in [0.2, 0.25) is 15.9 Å². The first kappa shape index (κ1) is 17.1. The van der Waals surface area contributed by atoms with E-state index in [0.29, 0.717) is 6.42 Å². The molecule has 0 bridgehead atoms. The van der Waals surface area contributed by atoms with E-state index in [1.807, 2.05) is 6.92 Å². The Bertz CT molecular complexity index is 500. The summed E-state index contributed by atoms with van der Waals surface area (Å²) >= 11 is 1.12. The topological polar surface area (TPSA) is 95.5 Å². The zero-order valence-electron chi connectivity index (χ0n) is 11.3. The predicted molar refractivity (Wildman–Crippen MR) is 78.0 cm³/mol. The molecule has 0 aromatic carbocycles. The van der Waals surface area contributed by atoms with Gasteiger partial charge in [0.05, 0.1) is 6.10 Å². The van der Waals surface area contributed by atoms with Crippen LogP contribution >= 0.6 is 11.3 Å². The van der Waals surface area contributed by atoms with Gasteiger partial charge in [-0.2, -0.15) is 0 Å². The molecule has 1 amide bonds. The van der Waals surface area contributed by atoms with E-state index in [1.54, 1.807) is 11.4 Å². The van der Waals surface area contributed by atoms with Gasteiger partial charge < -0.3 is 10.4 Å². The SMILES string of the molecule is CCCC(O)CNC(=O)CCNS(=O)(=O)c1cccs1. The molecular weight excluding hydrogens is 300 g/mol. The number of carbonyl (C=O) groups is 1. The third kappa shape index (κ3) is 6.00. The van der Waals surface area contributed by atoms with Crippen molar-refractivity contribution in [3.63, 3.8) is 0 Å². The van der Waals surface area contributed by atoms with Crippen LogP contribution in [0.5, 0.6) is 0 Å². The van der Waals surface area contributed by atoms with Gasteiger partial charge in [0.25, 0.3) is 0 Å². The summed E-state index contributed by atoms with van der Waals surface area (Å²) in [7, 11) is -3.51. The summed E-state index contributed by atoms with van der Waals surface area (Å²) in [6.07, 6.45) is 0.971. The zero-order chi connectivity index (χ0) is 15.0. The highest BCUT2D eigenvalue weighted by atomic mass is 32.2. The molecule has 114 valence electrons. The Morgan fingerprint density at radius 3 is 2.85 bits per heavy atom. The highest BCUT2D eigenvalue weighted by Gasteiger charge is 2.15. The van der Waals surface area contributed by atoms with Gasteiger partial charge in [-0.1, -0.05) is 19.4 Å². The summed E-state index contributed by atoms with van der Waals surface area (Å²) in [5, 5.41) is 13.7. The molecule has 0 spiro atoms. The number of aliphatic hydroxyl groups excluding tert-OH is 1. The van der Waals surface area contributed by atoms with Gasteiger partial charge in [-0.3, -0.25) is 4.79 Å². The lowest BCUT2D eigenvalue weighted by Crippen LogP contribution is -2.34. The van der Waals surface area contributed by atoms with E-state index in [4.69, 9.17) is 0 Å². The Hall–Kier alpha value is -0.960. The van der Waals surface area contributed by atoms with Crippen LogP contribution in [0.1, 0.15) is 26.2 Å². The van der Waals surface area contributed by atoms with Crippen LogP contribution < -0.4 is 10.0 Å². The Kier molecular flexibility index (Phi) is 7.14. The summed E-state index contributed by atoms with van der Waals surface area (Å²) in [5.41, 5.74) is 0. The minimum atomic E-state index is -3.51. The lowest BCUT2D eigenvalue weighted by Gasteiger charge is -2.10. The largest absolute Gasteiger partial charge is 0.391 e. The number of rotatable bonds is 9. The number of sulfonamides is 1. The van der Waals surface area contributed by atoms with Gasteiger partial charge in [0.1, 0.15) is 4.21 Å². The summed E-state index contributed by atoms with van der Waals surface area (Å²) < 4.78 is 26.1. The van der Waals surface area contributed by atoms with Crippen molar-refractivity contribution < 1.29 is 18.3 Å². The van der Waals surface area contributed by atoms with E-state index in [0.717, 1.165) is 17.8 Å². The number of thiophene rings is 1. The second kappa shape index (κ2) is 8.35. The number of amides is 1. The van der Waals surface area contributed by atoms with Gasteiger partial charge in [-0.15, -0.1) is 11.3 Å². The molecule has 8 heteroatoms. The van der Waals surface area contributed by atoms with Crippen molar-refractivity contribution in [3.8, 4) is 0 Å². The average molecular weight is 320 g/mol. The molecule has 3 N–H and O–H groups in total. The molecule has 0 aliphatic heterocycles. The molecular formula is C12H20N2O4S2. The third-order valence-electron chi connectivity index (χ3n) is 2.56. The fraction of sp³-hybridized carbons (Fsp3) is 0.583. The summed E-state index contributed by atoms with van der Waals surface area (Å²) in [6, 6.07) is 3.16. The standard InChI is InChI=1S/C12H20N2O4S2/c1-2-4-10(15)9-13-11(16)6-7-14-20(17,18)12-5-3-8-19-12/h3,5,8,10,14-15H,2,4,6-7,9H2,1H3,(H,13,16). The van der Waals surface area contributed by atoms with Crippen molar-refractivity contribution >= 4 is 27.3 Å². The Balaban J connectivity index is 2.25. The quantitative estimate of drug-likeness (QED) is 0.624. The number of hydrogen-bond acceptors (Lipinski definition) is 5. The van der Waals surface area contributed by atoms with Crippen molar-refractivity contribution in [2.45, 2.75) is 36.5 Å². The van der Waals surface area contributed by atoms with Crippen LogP contribution in [0, 0.1) is 0 Å². The zero-order valence-corrected chi connectivity index (χ0v) is 13.0. The maximum Gasteiger partial charge on any atom is 0.250 e. The van der Waals surface area contributed by atoms with Crippen LogP contribution in [0.4, 0.5) is 0 Å². The maximum absolute atomic E-state index is 11.8. The van der Waals surface area contributed by atoms with Crippen molar-refractivity contribution in [1.82, 2.24) is 10.0 Å². The van der Waals surface area contributed by atoms with E-state index < -0.39 is 16.1 Å². The van der Waals surface area contributed by atoms with E-state index in [2.05, 4.69) is 10.0 Å². The molecule has 0 aliphatic carbocycles. The molecule has 0 fully saturated rings. The Morgan fingerprint density at radius 1 is 1.50 bits per heavy atom. The van der Waals surface area contributed by atoms with Gasteiger partial charge in [-0.25, -0.2) is 13.1 Å². The van der Waals surface area contributed by atoms with Crippen molar-refractivity contribution in [2.75, 3.05) is 13.1 Å². The number of nitrogens with one attached hydrogen (secondary N) is 2. The first-order chi connectivity index (χ1) is 9.45. The lowest BCUT2D eigenvalue weighted by molar-refractivity contribution is -0.121. The van der Waals surface area contributed by atoms with Crippen LogP contribution in [-0.2, 0) is 14.8 Å². The lowest BCUT2D eigenvalue weighted by atomic mass is 10.2. The van der Waals surface area contributed by atoms with E-state index >= 15 is 0 Å². The van der Waals surface area contributed by atoms with Gasteiger partial charge in [0.15, 0.2) is 0 Å². The Morgan fingerprint density at radius 2 is 2.25 bits per heavy atom. The smallest absolute Gasteiger partial charge is 0.250 e. The minimum Gasteiger partial charge on any atom is -0.391 e. The number of aliphatic hydroxyl groups is 1. The minimum absolute atomic E-state index is 0.0376. The maximum atomic E-state index is 11.8. The van der Waals surface area contributed by atoms with E-state index in [-0.39, 0.29) is 29.6 Å². The molecule has 0 radical (unpaired) electrons. The average Bonchev–Trinajstić information content (AvgIpc) is 2.91. The summed E-state index contributed by atoms with van der Waals surface area (Å²) in [5.74, 6) is -0.283. The normalized spacial score (nSPS) is 13.1. The van der Waals surface area contributed by atoms with Crippen molar-refractivity contribution in [2.24, 2.45) is 0 Å².